The van der Waals surface area contributed by atoms with E-state index < -0.39 is 0 Å². The summed E-state index contributed by atoms with van der Waals surface area (Å²) >= 11 is 0. The van der Waals surface area contributed by atoms with E-state index in [4.69, 9.17) is 0 Å². The van der Waals surface area contributed by atoms with Gasteiger partial charge in [-0.05, 0) is 55.4 Å². The zero-order valence-corrected chi connectivity index (χ0v) is 15.5. The Labute approximate surface area is 155 Å². The highest BCUT2D eigenvalue weighted by atomic mass is 15.3. The minimum atomic E-state index is 0.694. The molecule has 0 radical (unpaired) electrons. The Morgan fingerprint density at radius 1 is 1.04 bits per heavy atom. The first kappa shape index (κ1) is 17.0. The maximum Gasteiger partial charge on any atom is 0.0651 e. The second-order valence-electron chi connectivity index (χ2n) is 7.34. The lowest BCUT2D eigenvalue weighted by molar-refractivity contribution is 0.264. The van der Waals surface area contributed by atoms with Gasteiger partial charge in [-0.15, -0.1) is 0 Å². The molecule has 4 heteroatoms. The zero-order chi connectivity index (χ0) is 17.9. The fraction of sp³-hybridized carbons (Fsp3) is 0.318. The van der Waals surface area contributed by atoms with E-state index in [2.05, 4.69) is 77.5 Å². The number of rotatable bonds is 5. The van der Waals surface area contributed by atoms with Crippen molar-refractivity contribution in [1.29, 1.82) is 0 Å². The molecule has 134 valence electrons. The topological polar surface area (TPSA) is 24.3 Å². The number of likely N-dealkylation sites (tertiary alicyclic amines) is 1. The number of benzene rings is 2. The molecule has 0 spiro atoms. The van der Waals surface area contributed by atoms with Crippen molar-refractivity contribution in [3.05, 3.63) is 72.6 Å². The highest BCUT2D eigenvalue weighted by Crippen LogP contribution is 2.23. The molecular weight excluding hydrogens is 320 g/mol. The predicted molar refractivity (Wildman–Crippen MR) is 106 cm³/mol. The summed E-state index contributed by atoms with van der Waals surface area (Å²) in [5, 5.41) is 4.32. The number of likely N-dealkylation sites (N-methyl/N-ethyl adjacent to an activating group) is 1. The van der Waals surface area contributed by atoms with E-state index in [1.54, 1.807) is 6.20 Å². The van der Waals surface area contributed by atoms with Gasteiger partial charge >= 0.3 is 0 Å². The van der Waals surface area contributed by atoms with Crippen LogP contribution in [0.15, 0.2) is 67.0 Å². The van der Waals surface area contributed by atoms with E-state index in [0.717, 1.165) is 12.2 Å². The van der Waals surface area contributed by atoms with Crippen LogP contribution < -0.4 is 0 Å². The minimum Gasteiger partial charge on any atom is -0.305 e. The molecule has 1 atom stereocenters. The molecule has 1 saturated heterocycles. The maximum absolute atomic E-state index is 4.32. The van der Waals surface area contributed by atoms with Gasteiger partial charge in [-0.25, -0.2) is 4.68 Å². The lowest BCUT2D eigenvalue weighted by Gasteiger charge is -2.20. The van der Waals surface area contributed by atoms with Gasteiger partial charge < -0.3 is 4.90 Å². The highest BCUT2D eigenvalue weighted by molar-refractivity contribution is 5.66. The van der Waals surface area contributed by atoms with Crippen molar-refractivity contribution in [2.75, 3.05) is 27.2 Å². The third-order valence-electron chi connectivity index (χ3n) is 5.29. The Kier molecular flexibility index (Phi) is 4.87. The summed E-state index contributed by atoms with van der Waals surface area (Å²) in [7, 11) is 4.36. The van der Waals surface area contributed by atoms with Gasteiger partial charge in [-0.2, -0.15) is 5.10 Å². The van der Waals surface area contributed by atoms with Crippen LogP contribution in [-0.2, 0) is 6.54 Å². The van der Waals surface area contributed by atoms with E-state index in [1.165, 1.54) is 36.2 Å². The lowest BCUT2D eigenvalue weighted by atomic mass is 10.0. The SMILES string of the molecule is CN(C)C1CCN(Cc2ccc(-c3cccc(-n4cccn4)c3)cc2)C1. The first-order valence-electron chi connectivity index (χ1n) is 9.27. The van der Waals surface area contributed by atoms with Crippen molar-refractivity contribution in [1.82, 2.24) is 19.6 Å². The van der Waals surface area contributed by atoms with Crippen LogP contribution in [0.1, 0.15) is 12.0 Å². The molecule has 0 aliphatic carbocycles. The van der Waals surface area contributed by atoms with Gasteiger partial charge in [-0.3, -0.25) is 4.90 Å². The molecule has 4 rings (SSSR count). The number of nitrogens with zero attached hydrogens (tertiary/aromatic N) is 4. The summed E-state index contributed by atoms with van der Waals surface area (Å²) in [6.07, 6.45) is 5.05. The quantitative estimate of drug-likeness (QED) is 0.704. The monoisotopic (exact) mass is 346 g/mol. The van der Waals surface area contributed by atoms with E-state index in [0.29, 0.717) is 6.04 Å². The third kappa shape index (κ3) is 3.71. The third-order valence-corrected chi connectivity index (χ3v) is 5.29. The largest absolute Gasteiger partial charge is 0.305 e. The van der Waals surface area contributed by atoms with Crippen LogP contribution in [0.5, 0.6) is 0 Å². The van der Waals surface area contributed by atoms with Gasteiger partial charge in [0.05, 0.1) is 5.69 Å². The Morgan fingerprint density at radius 3 is 2.58 bits per heavy atom. The van der Waals surface area contributed by atoms with Crippen molar-refractivity contribution < 1.29 is 0 Å². The molecular formula is C22H26N4. The summed E-state index contributed by atoms with van der Waals surface area (Å²) in [6, 6.07) is 20.1. The van der Waals surface area contributed by atoms with E-state index >= 15 is 0 Å². The van der Waals surface area contributed by atoms with Crippen LogP contribution in [0.4, 0.5) is 0 Å². The first-order valence-corrected chi connectivity index (χ1v) is 9.27. The van der Waals surface area contributed by atoms with E-state index in [1.807, 2.05) is 16.9 Å². The second kappa shape index (κ2) is 7.44. The molecule has 2 heterocycles. The number of hydrogen-bond acceptors (Lipinski definition) is 3. The van der Waals surface area contributed by atoms with E-state index in [9.17, 15) is 0 Å². The molecule has 4 nitrogen and oxygen atoms in total. The molecule has 3 aromatic rings. The van der Waals surface area contributed by atoms with Crippen molar-refractivity contribution in [2.45, 2.75) is 19.0 Å². The fourth-order valence-electron chi connectivity index (χ4n) is 3.69. The number of aromatic nitrogens is 2. The summed E-state index contributed by atoms with van der Waals surface area (Å²) in [4.78, 5) is 4.90. The maximum atomic E-state index is 4.32. The molecule has 0 bridgehead atoms. The molecule has 0 amide bonds. The summed E-state index contributed by atoms with van der Waals surface area (Å²) < 4.78 is 1.90. The number of hydrogen-bond donors (Lipinski definition) is 0. The fourth-order valence-corrected chi connectivity index (χ4v) is 3.69. The summed E-state index contributed by atoms with van der Waals surface area (Å²) in [6.45, 7) is 3.40. The van der Waals surface area contributed by atoms with E-state index in [-0.39, 0.29) is 0 Å². The average molecular weight is 346 g/mol. The molecule has 1 aliphatic rings. The van der Waals surface area contributed by atoms with Gasteiger partial charge in [0.1, 0.15) is 0 Å². The molecule has 0 N–H and O–H groups in total. The van der Waals surface area contributed by atoms with Gasteiger partial charge in [0, 0.05) is 38.1 Å². The molecule has 26 heavy (non-hydrogen) atoms. The molecule has 1 fully saturated rings. The van der Waals surface area contributed by atoms with Crippen LogP contribution >= 0.6 is 0 Å². The van der Waals surface area contributed by atoms with Crippen LogP contribution in [0.3, 0.4) is 0 Å². The van der Waals surface area contributed by atoms with Crippen molar-refractivity contribution in [3.8, 4) is 16.8 Å². The summed E-state index contributed by atoms with van der Waals surface area (Å²) in [5.74, 6) is 0. The van der Waals surface area contributed by atoms with Crippen molar-refractivity contribution in [2.24, 2.45) is 0 Å². The van der Waals surface area contributed by atoms with Crippen LogP contribution in [0.25, 0.3) is 16.8 Å². The Bertz CT molecular complexity index is 837. The van der Waals surface area contributed by atoms with Gasteiger partial charge in [0.15, 0.2) is 0 Å². The van der Waals surface area contributed by atoms with Crippen molar-refractivity contribution in [3.63, 3.8) is 0 Å². The van der Waals surface area contributed by atoms with Gasteiger partial charge in [0.2, 0.25) is 0 Å². The molecule has 1 aromatic heterocycles. The minimum absolute atomic E-state index is 0.694. The van der Waals surface area contributed by atoms with Gasteiger partial charge in [-0.1, -0.05) is 36.4 Å². The lowest BCUT2D eigenvalue weighted by Crippen LogP contribution is -2.31. The predicted octanol–water partition coefficient (Wildman–Crippen LogP) is 3.68. The molecule has 1 aliphatic heterocycles. The summed E-state index contributed by atoms with van der Waals surface area (Å²) in [5.41, 5.74) is 4.94. The van der Waals surface area contributed by atoms with Crippen LogP contribution in [-0.4, -0.2) is 52.8 Å². The average Bonchev–Trinajstić information content (AvgIpc) is 3.35. The standard InChI is InChI=1S/C22H26N4/c1-24(2)22-11-14-25(17-22)16-18-7-9-19(10-8-18)20-5-3-6-21(15-20)26-13-4-12-23-26/h3-10,12-13,15,22H,11,14,16-17H2,1-2H3. The first-order chi connectivity index (χ1) is 12.7. The van der Waals surface area contributed by atoms with Gasteiger partial charge in [0.25, 0.3) is 0 Å². The molecule has 0 saturated carbocycles. The van der Waals surface area contributed by atoms with Crippen LogP contribution in [0, 0.1) is 0 Å². The smallest absolute Gasteiger partial charge is 0.0651 e. The molecule has 1 unspecified atom stereocenters. The Hall–Kier alpha value is -2.43. The highest BCUT2D eigenvalue weighted by Gasteiger charge is 2.23. The zero-order valence-electron chi connectivity index (χ0n) is 15.5. The molecule has 2 aromatic carbocycles. The Morgan fingerprint density at radius 2 is 1.88 bits per heavy atom. The second-order valence-corrected chi connectivity index (χ2v) is 7.34. The Balaban J connectivity index is 1.46. The van der Waals surface area contributed by atoms with Crippen LogP contribution in [0.2, 0.25) is 0 Å². The normalized spacial score (nSPS) is 17.9. The van der Waals surface area contributed by atoms with Crippen molar-refractivity contribution >= 4 is 0 Å².